The van der Waals surface area contributed by atoms with Gasteiger partial charge in [-0.1, -0.05) is 39.0 Å². The number of carbonyl (C=O) groups excluding carboxylic acids is 1. The summed E-state index contributed by atoms with van der Waals surface area (Å²) in [4.78, 5) is 16.9. The molecule has 1 amide bonds. The van der Waals surface area contributed by atoms with E-state index < -0.39 is 0 Å². The maximum Gasteiger partial charge on any atom is 0.226 e. The number of piperidine rings is 1. The van der Waals surface area contributed by atoms with Crippen molar-refractivity contribution in [3.05, 3.63) is 30.3 Å². The number of nitrogens with zero attached hydrogens (tertiary/aromatic N) is 2. The van der Waals surface area contributed by atoms with Gasteiger partial charge in [0, 0.05) is 37.8 Å². The van der Waals surface area contributed by atoms with E-state index >= 15 is 0 Å². The topological polar surface area (TPSA) is 23.6 Å². The second-order valence-electron chi connectivity index (χ2n) is 6.38. The third kappa shape index (κ3) is 4.31. The van der Waals surface area contributed by atoms with Crippen molar-refractivity contribution in [2.24, 2.45) is 5.92 Å². The van der Waals surface area contributed by atoms with Crippen LogP contribution in [0.5, 0.6) is 0 Å². The molecule has 0 aliphatic carbocycles. The van der Waals surface area contributed by atoms with E-state index in [0.717, 1.165) is 31.6 Å². The van der Waals surface area contributed by atoms with Crippen LogP contribution in [0.2, 0.25) is 0 Å². The van der Waals surface area contributed by atoms with Gasteiger partial charge >= 0.3 is 0 Å². The van der Waals surface area contributed by atoms with Crippen molar-refractivity contribution in [2.45, 2.75) is 46.1 Å². The molecule has 1 aromatic carbocycles. The molecule has 0 aromatic heterocycles. The lowest BCUT2D eigenvalue weighted by molar-refractivity contribution is -0.119. The molecule has 1 aromatic rings. The molecule has 0 saturated carbocycles. The SMILES string of the molecule is CCC(=O)N(c1ccccc1)C1CCN(CC(C)C)CC1. The average molecular weight is 288 g/mol. The van der Waals surface area contributed by atoms with Crippen LogP contribution in [0.4, 0.5) is 5.69 Å². The lowest BCUT2D eigenvalue weighted by Gasteiger charge is -2.39. The Morgan fingerprint density at radius 1 is 1.24 bits per heavy atom. The Bertz CT molecular complexity index is 436. The average Bonchev–Trinajstić information content (AvgIpc) is 2.49. The molecular formula is C18H28N2O. The van der Waals surface area contributed by atoms with Crippen LogP contribution in [0.3, 0.4) is 0 Å². The number of rotatable bonds is 5. The fourth-order valence-electron chi connectivity index (χ4n) is 3.19. The molecule has 0 spiro atoms. The van der Waals surface area contributed by atoms with E-state index in [1.54, 1.807) is 0 Å². The van der Waals surface area contributed by atoms with Crippen LogP contribution in [-0.4, -0.2) is 36.5 Å². The molecule has 0 N–H and O–H groups in total. The predicted molar refractivity (Wildman–Crippen MR) is 88.5 cm³/mol. The molecule has 116 valence electrons. The fourth-order valence-corrected chi connectivity index (χ4v) is 3.19. The maximum absolute atomic E-state index is 12.4. The first kappa shape index (κ1) is 16.0. The van der Waals surface area contributed by atoms with E-state index in [4.69, 9.17) is 0 Å². The van der Waals surface area contributed by atoms with Gasteiger partial charge in [-0.3, -0.25) is 4.79 Å². The van der Waals surface area contributed by atoms with Gasteiger partial charge in [-0.25, -0.2) is 0 Å². The summed E-state index contributed by atoms with van der Waals surface area (Å²) < 4.78 is 0. The van der Waals surface area contributed by atoms with E-state index in [2.05, 4.69) is 18.7 Å². The molecule has 1 heterocycles. The molecule has 0 atom stereocenters. The Morgan fingerprint density at radius 3 is 2.38 bits per heavy atom. The second-order valence-corrected chi connectivity index (χ2v) is 6.38. The number of para-hydroxylation sites is 1. The van der Waals surface area contributed by atoms with Crippen molar-refractivity contribution in [1.82, 2.24) is 4.90 Å². The highest BCUT2D eigenvalue weighted by Crippen LogP contribution is 2.24. The summed E-state index contributed by atoms with van der Waals surface area (Å²) >= 11 is 0. The highest BCUT2D eigenvalue weighted by molar-refractivity contribution is 5.93. The van der Waals surface area contributed by atoms with Gasteiger partial charge in [0.1, 0.15) is 0 Å². The standard InChI is InChI=1S/C18H28N2O/c1-4-18(21)20(16-8-6-5-7-9-16)17-10-12-19(13-11-17)14-15(2)3/h5-9,15,17H,4,10-14H2,1-3H3. The van der Waals surface area contributed by atoms with E-state index in [9.17, 15) is 4.79 Å². The van der Waals surface area contributed by atoms with Crippen LogP contribution in [0.1, 0.15) is 40.0 Å². The minimum absolute atomic E-state index is 0.239. The van der Waals surface area contributed by atoms with Gasteiger partial charge < -0.3 is 9.80 Å². The lowest BCUT2D eigenvalue weighted by Crippen LogP contribution is -2.48. The van der Waals surface area contributed by atoms with E-state index in [1.165, 1.54) is 6.54 Å². The Morgan fingerprint density at radius 2 is 1.86 bits per heavy atom. The highest BCUT2D eigenvalue weighted by atomic mass is 16.2. The molecule has 0 bridgehead atoms. The molecule has 1 aliphatic rings. The predicted octanol–water partition coefficient (Wildman–Crippen LogP) is 3.55. The number of carbonyl (C=O) groups is 1. The van der Waals surface area contributed by atoms with E-state index in [1.807, 2.05) is 42.2 Å². The van der Waals surface area contributed by atoms with Crippen LogP contribution in [0, 0.1) is 5.92 Å². The molecule has 0 radical (unpaired) electrons. The summed E-state index contributed by atoms with van der Waals surface area (Å²) in [5.41, 5.74) is 1.05. The Hall–Kier alpha value is -1.35. The molecular weight excluding hydrogens is 260 g/mol. The normalized spacial score (nSPS) is 17.1. The number of anilines is 1. The zero-order valence-electron chi connectivity index (χ0n) is 13.6. The van der Waals surface area contributed by atoms with Crippen LogP contribution >= 0.6 is 0 Å². The summed E-state index contributed by atoms with van der Waals surface area (Å²) in [6, 6.07) is 10.5. The summed E-state index contributed by atoms with van der Waals surface area (Å²) in [6.07, 6.45) is 2.72. The molecule has 1 saturated heterocycles. The molecule has 3 heteroatoms. The first-order valence-electron chi connectivity index (χ1n) is 8.21. The van der Waals surface area contributed by atoms with E-state index in [0.29, 0.717) is 18.4 Å². The van der Waals surface area contributed by atoms with Gasteiger partial charge in [0.15, 0.2) is 0 Å². The van der Waals surface area contributed by atoms with Crippen LogP contribution in [-0.2, 0) is 4.79 Å². The molecule has 21 heavy (non-hydrogen) atoms. The summed E-state index contributed by atoms with van der Waals surface area (Å²) in [5.74, 6) is 0.951. The third-order valence-corrected chi connectivity index (χ3v) is 4.15. The van der Waals surface area contributed by atoms with Crippen LogP contribution < -0.4 is 4.90 Å². The van der Waals surface area contributed by atoms with Crippen molar-refractivity contribution >= 4 is 11.6 Å². The van der Waals surface area contributed by atoms with Crippen molar-refractivity contribution in [2.75, 3.05) is 24.5 Å². The number of amides is 1. The minimum atomic E-state index is 0.239. The summed E-state index contributed by atoms with van der Waals surface area (Å²) in [6.45, 7) is 9.85. The zero-order valence-corrected chi connectivity index (χ0v) is 13.6. The molecule has 1 fully saturated rings. The first-order valence-corrected chi connectivity index (χ1v) is 8.21. The van der Waals surface area contributed by atoms with Crippen molar-refractivity contribution in [1.29, 1.82) is 0 Å². The van der Waals surface area contributed by atoms with Crippen LogP contribution in [0.25, 0.3) is 0 Å². The summed E-state index contributed by atoms with van der Waals surface area (Å²) in [7, 11) is 0. The van der Waals surface area contributed by atoms with Crippen molar-refractivity contribution in [3.8, 4) is 0 Å². The molecule has 2 rings (SSSR count). The lowest BCUT2D eigenvalue weighted by atomic mass is 10.0. The van der Waals surface area contributed by atoms with Gasteiger partial charge in [0.05, 0.1) is 0 Å². The van der Waals surface area contributed by atoms with Crippen molar-refractivity contribution in [3.63, 3.8) is 0 Å². The largest absolute Gasteiger partial charge is 0.309 e. The third-order valence-electron chi connectivity index (χ3n) is 4.15. The Labute approximate surface area is 128 Å². The smallest absolute Gasteiger partial charge is 0.226 e. The highest BCUT2D eigenvalue weighted by Gasteiger charge is 2.28. The van der Waals surface area contributed by atoms with Gasteiger partial charge in [0.25, 0.3) is 0 Å². The molecule has 1 aliphatic heterocycles. The zero-order chi connectivity index (χ0) is 15.2. The fraction of sp³-hybridized carbons (Fsp3) is 0.611. The first-order chi connectivity index (χ1) is 10.1. The number of benzene rings is 1. The molecule has 3 nitrogen and oxygen atoms in total. The van der Waals surface area contributed by atoms with Gasteiger partial charge in [-0.05, 0) is 30.9 Å². The monoisotopic (exact) mass is 288 g/mol. The number of hydrogen-bond donors (Lipinski definition) is 0. The van der Waals surface area contributed by atoms with Gasteiger partial charge in [-0.15, -0.1) is 0 Å². The second kappa shape index (κ2) is 7.60. The van der Waals surface area contributed by atoms with E-state index in [-0.39, 0.29) is 5.91 Å². The minimum Gasteiger partial charge on any atom is -0.309 e. The van der Waals surface area contributed by atoms with Crippen LogP contribution in [0.15, 0.2) is 30.3 Å². The van der Waals surface area contributed by atoms with Crippen molar-refractivity contribution < 1.29 is 4.79 Å². The quantitative estimate of drug-likeness (QED) is 0.827. The van der Waals surface area contributed by atoms with Gasteiger partial charge in [0.2, 0.25) is 5.91 Å². The Kier molecular flexibility index (Phi) is 5.80. The Balaban J connectivity index is 2.05. The maximum atomic E-state index is 12.4. The number of hydrogen-bond acceptors (Lipinski definition) is 2. The molecule has 0 unspecified atom stereocenters. The summed E-state index contributed by atoms with van der Waals surface area (Å²) in [5, 5.41) is 0. The van der Waals surface area contributed by atoms with Gasteiger partial charge in [-0.2, -0.15) is 0 Å². The number of likely N-dealkylation sites (tertiary alicyclic amines) is 1.